The number of phenolic OH excluding ortho intramolecular Hbond substituents is 1. The van der Waals surface area contributed by atoms with Crippen molar-refractivity contribution >= 4 is 0 Å². The molecule has 0 spiro atoms. The van der Waals surface area contributed by atoms with Gasteiger partial charge < -0.3 is 14.8 Å². The first-order valence-corrected chi connectivity index (χ1v) is 7.39. The Kier molecular flexibility index (Phi) is 3.29. The zero-order valence-electron chi connectivity index (χ0n) is 12.7. The number of rotatable bonds is 1. The monoisotopic (exact) mass is 286 g/mol. The molecule has 0 bridgehead atoms. The van der Waals surface area contributed by atoms with Gasteiger partial charge in [0.05, 0.1) is 18.5 Å². The molecule has 2 aromatic rings. The second kappa shape index (κ2) is 4.88. The van der Waals surface area contributed by atoms with Gasteiger partial charge in [0.1, 0.15) is 5.75 Å². The quantitative estimate of drug-likeness (QED) is 0.847. The first kappa shape index (κ1) is 14.1. The molecule has 2 N–H and O–H groups in total. The van der Waals surface area contributed by atoms with Crippen molar-refractivity contribution in [1.82, 2.24) is 9.55 Å². The summed E-state index contributed by atoms with van der Waals surface area (Å²) in [5, 5.41) is 21.0. The highest BCUT2D eigenvalue weighted by molar-refractivity contribution is 5.47. The van der Waals surface area contributed by atoms with Gasteiger partial charge >= 0.3 is 0 Å². The molecule has 2 atom stereocenters. The normalized spacial score (nSPS) is 22.1. The number of hydrogen-bond donors (Lipinski definition) is 2. The van der Waals surface area contributed by atoms with Gasteiger partial charge in [-0.25, -0.2) is 4.98 Å². The molecule has 0 fully saturated rings. The smallest absolute Gasteiger partial charge is 0.119 e. The fourth-order valence-corrected chi connectivity index (χ4v) is 3.19. The first-order valence-electron chi connectivity index (χ1n) is 7.39. The number of imidazole rings is 1. The van der Waals surface area contributed by atoms with Gasteiger partial charge in [-0.2, -0.15) is 0 Å². The van der Waals surface area contributed by atoms with Crippen molar-refractivity contribution in [3.8, 4) is 5.75 Å². The van der Waals surface area contributed by atoms with Crippen LogP contribution in [-0.2, 0) is 11.8 Å². The lowest BCUT2D eigenvalue weighted by Crippen LogP contribution is -2.24. The number of hydrogen-bond acceptors (Lipinski definition) is 3. The molecule has 1 aliphatic rings. The molecule has 0 saturated heterocycles. The van der Waals surface area contributed by atoms with E-state index in [0.717, 1.165) is 29.5 Å². The average molecular weight is 286 g/mol. The van der Waals surface area contributed by atoms with Crippen LogP contribution >= 0.6 is 0 Å². The van der Waals surface area contributed by atoms with Gasteiger partial charge in [-0.1, -0.05) is 20.8 Å². The van der Waals surface area contributed by atoms with Crippen molar-refractivity contribution in [2.75, 3.05) is 0 Å². The molecule has 1 aromatic heterocycles. The topological polar surface area (TPSA) is 58.3 Å². The highest BCUT2D eigenvalue weighted by Gasteiger charge is 2.31. The Bertz CT molecular complexity index is 642. The molecule has 1 aromatic carbocycles. The molecule has 4 heteroatoms. The second-order valence-corrected chi connectivity index (χ2v) is 6.88. The Morgan fingerprint density at radius 2 is 2.05 bits per heavy atom. The molecular formula is C17H22N2O2. The highest BCUT2D eigenvalue weighted by atomic mass is 16.3. The van der Waals surface area contributed by atoms with Crippen LogP contribution in [0.2, 0.25) is 0 Å². The van der Waals surface area contributed by atoms with E-state index in [0.29, 0.717) is 5.75 Å². The standard InChI is InChI=1S/C17H22N2O2/c1-17(2,3)13-9-12-11(8-15(13)20)4-5-14(16(12)21)19-7-6-18-10-19/h6-10,14,16,20-21H,4-5H2,1-3H3. The summed E-state index contributed by atoms with van der Waals surface area (Å²) in [4.78, 5) is 4.07. The van der Waals surface area contributed by atoms with Gasteiger partial charge in [-0.05, 0) is 47.1 Å². The molecule has 4 nitrogen and oxygen atoms in total. The van der Waals surface area contributed by atoms with E-state index in [1.165, 1.54) is 0 Å². The fraction of sp³-hybridized carbons (Fsp3) is 0.471. The minimum Gasteiger partial charge on any atom is -0.508 e. The number of aromatic nitrogens is 2. The maximum absolute atomic E-state index is 10.7. The molecule has 0 saturated carbocycles. The Morgan fingerprint density at radius 3 is 2.67 bits per heavy atom. The van der Waals surface area contributed by atoms with Gasteiger partial charge in [0, 0.05) is 12.4 Å². The summed E-state index contributed by atoms with van der Waals surface area (Å²) >= 11 is 0. The minimum atomic E-state index is -0.565. The number of nitrogens with zero attached hydrogens (tertiary/aromatic N) is 2. The zero-order valence-corrected chi connectivity index (χ0v) is 12.7. The van der Waals surface area contributed by atoms with Crippen molar-refractivity contribution in [1.29, 1.82) is 0 Å². The van der Waals surface area contributed by atoms with Crippen LogP contribution in [0, 0.1) is 0 Å². The summed E-state index contributed by atoms with van der Waals surface area (Å²) < 4.78 is 1.97. The van der Waals surface area contributed by atoms with Crippen LogP contribution in [0.5, 0.6) is 5.75 Å². The van der Waals surface area contributed by atoms with Gasteiger partial charge in [0.15, 0.2) is 0 Å². The third-order valence-electron chi connectivity index (χ3n) is 4.37. The third kappa shape index (κ3) is 2.44. The van der Waals surface area contributed by atoms with Crippen LogP contribution in [0.25, 0.3) is 0 Å². The lowest BCUT2D eigenvalue weighted by molar-refractivity contribution is 0.0985. The largest absolute Gasteiger partial charge is 0.508 e. The number of aromatic hydroxyl groups is 1. The summed E-state index contributed by atoms with van der Waals surface area (Å²) in [5.41, 5.74) is 2.71. The van der Waals surface area contributed by atoms with E-state index < -0.39 is 6.10 Å². The van der Waals surface area contributed by atoms with Crippen molar-refractivity contribution in [2.45, 2.75) is 51.2 Å². The Balaban J connectivity index is 2.04. The fourth-order valence-electron chi connectivity index (χ4n) is 3.19. The molecule has 0 amide bonds. The van der Waals surface area contributed by atoms with Crippen LogP contribution < -0.4 is 0 Å². The molecule has 112 valence electrons. The Hall–Kier alpha value is -1.81. The van der Waals surface area contributed by atoms with E-state index in [2.05, 4.69) is 25.8 Å². The zero-order chi connectivity index (χ0) is 15.2. The average Bonchev–Trinajstić information content (AvgIpc) is 2.91. The van der Waals surface area contributed by atoms with E-state index in [4.69, 9.17) is 0 Å². The number of aliphatic hydroxyl groups is 1. The van der Waals surface area contributed by atoms with E-state index in [9.17, 15) is 10.2 Å². The maximum atomic E-state index is 10.7. The van der Waals surface area contributed by atoms with E-state index >= 15 is 0 Å². The molecule has 21 heavy (non-hydrogen) atoms. The van der Waals surface area contributed by atoms with Crippen LogP contribution in [-0.4, -0.2) is 19.8 Å². The molecule has 1 aliphatic carbocycles. The SMILES string of the molecule is CC(C)(C)c1cc2c(cc1O)CCC(n1ccnc1)C2O. The Morgan fingerprint density at radius 1 is 1.29 bits per heavy atom. The van der Waals surface area contributed by atoms with Crippen molar-refractivity contribution in [2.24, 2.45) is 0 Å². The summed E-state index contributed by atoms with van der Waals surface area (Å²) in [6, 6.07) is 3.80. The number of aryl methyl sites for hydroxylation is 1. The molecular weight excluding hydrogens is 264 g/mol. The molecule has 0 aliphatic heterocycles. The van der Waals surface area contributed by atoms with Gasteiger partial charge in [-0.15, -0.1) is 0 Å². The minimum absolute atomic E-state index is 0.0114. The predicted molar refractivity (Wildman–Crippen MR) is 81.4 cm³/mol. The van der Waals surface area contributed by atoms with Crippen LogP contribution in [0.1, 0.15) is 56.0 Å². The molecule has 1 heterocycles. The number of benzene rings is 1. The van der Waals surface area contributed by atoms with Crippen molar-refractivity contribution in [3.05, 3.63) is 47.5 Å². The van der Waals surface area contributed by atoms with E-state index in [1.807, 2.05) is 22.9 Å². The van der Waals surface area contributed by atoms with Gasteiger partial charge in [-0.3, -0.25) is 0 Å². The van der Waals surface area contributed by atoms with Crippen LogP contribution in [0.15, 0.2) is 30.9 Å². The van der Waals surface area contributed by atoms with Gasteiger partial charge in [0.25, 0.3) is 0 Å². The second-order valence-electron chi connectivity index (χ2n) is 6.88. The first-order chi connectivity index (χ1) is 9.88. The van der Waals surface area contributed by atoms with Gasteiger partial charge in [0.2, 0.25) is 0 Å². The summed E-state index contributed by atoms with van der Waals surface area (Å²) in [7, 11) is 0. The van der Waals surface area contributed by atoms with E-state index in [1.54, 1.807) is 12.5 Å². The molecule has 3 rings (SSSR count). The van der Waals surface area contributed by atoms with Crippen molar-refractivity contribution in [3.63, 3.8) is 0 Å². The van der Waals surface area contributed by atoms with Crippen LogP contribution in [0.3, 0.4) is 0 Å². The number of phenols is 1. The van der Waals surface area contributed by atoms with Crippen molar-refractivity contribution < 1.29 is 10.2 Å². The lowest BCUT2D eigenvalue weighted by atomic mass is 9.79. The third-order valence-corrected chi connectivity index (χ3v) is 4.37. The van der Waals surface area contributed by atoms with E-state index in [-0.39, 0.29) is 11.5 Å². The highest BCUT2D eigenvalue weighted by Crippen LogP contribution is 2.42. The number of fused-ring (bicyclic) bond motifs is 1. The van der Waals surface area contributed by atoms with Crippen LogP contribution in [0.4, 0.5) is 0 Å². The maximum Gasteiger partial charge on any atom is 0.119 e. The number of aliphatic hydroxyl groups excluding tert-OH is 1. The predicted octanol–water partition coefficient (Wildman–Crippen LogP) is 3.11. The summed E-state index contributed by atoms with van der Waals surface area (Å²) in [6.45, 7) is 6.20. The molecule has 0 radical (unpaired) electrons. The Labute approximate surface area is 125 Å². The summed E-state index contributed by atoms with van der Waals surface area (Å²) in [5.74, 6) is 0.328. The lowest BCUT2D eigenvalue weighted by Gasteiger charge is -2.33. The summed E-state index contributed by atoms with van der Waals surface area (Å²) in [6.07, 6.45) is 6.52. The molecule has 2 unspecified atom stereocenters.